The average molecular weight is 353 g/mol. The molecular weight excluding hydrogens is 330 g/mol. The van der Waals surface area contributed by atoms with Crippen molar-refractivity contribution in [2.24, 2.45) is 5.92 Å². The van der Waals surface area contributed by atoms with E-state index in [1.807, 2.05) is 38.1 Å². The van der Waals surface area contributed by atoms with Crippen LogP contribution in [0.3, 0.4) is 0 Å². The van der Waals surface area contributed by atoms with Gasteiger partial charge in [0, 0.05) is 12.0 Å². The highest BCUT2D eigenvalue weighted by atomic mass is 16.5. The van der Waals surface area contributed by atoms with Gasteiger partial charge in [-0.05, 0) is 25.8 Å². The number of benzene rings is 1. The molecule has 0 fully saturated rings. The van der Waals surface area contributed by atoms with Gasteiger partial charge in [0.1, 0.15) is 6.04 Å². The quantitative estimate of drug-likeness (QED) is 0.707. The summed E-state index contributed by atoms with van der Waals surface area (Å²) in [4.78, 5) is 17.1. The van der Waals surface area contributed by atoms with Crippen molar-refractivity contribution in [3.63, 3.8) is 0 Å². The summed E-state index contributed by atoms with van der Waals surface area (Å²) < 4.78 is 5.28. The van der Waals surface area contributed by atoms with E-state index in [4.69, 9.17) is 4.52 Å². The second-order valence-electron chi connectivity index (χ2n) is 6.87. The molecule has 1 aromatic carbocycles. The number of nitrogens with zero attached hydrogens (tertiary/aromatic N) is 3. The summed E-state index contributed by atoms with van der Waals surface area (Å²) in [7, 11) is 0. The number of carbonyl (C=O) groups excluding carboxylic acids is 1. The monoisotopic (exact) mass is 353 g/mol. The van der Waals surface area contributed by atoms with Gasteiger partial charge < -0.3 is 9.84 Å². The Hall–Kier alpha value is -2.96. The maximum absolute atomic E-state index is 12.7. The molecule has 1 amide bonds. The number of rotatable bonds is 6. The number of aromatic nitrogens is 4. The first-order chi connectivity index (χ1) is 12.4. The predicted molar refractivity (Wildman–Crippen MR) is 97.5 cm³/mol. The van der Waals surface area contributed by atoms with Gasteiger partial charge in [-0.25, -0.2) is 0 Å². The van der Waals surface area contributed by atoms with E-state index in [1.165, 1.54) is 6.20 Å². The van der Waals surface area contributed by atoms with Crippen molar-refractivity contribution < 1.29 is 9.32 Å². The van der Waals surface area contributed by atoms with Gasteiger partial charge in [0.05, 0.1) is 17.5 Å². The van der Waals surface area contributed by atoms with Gasteiger partial charge in [0.15, 0.2) is 5.82 Å². The molecule has 3 aromatic rings. The summed E-state index contributed by atoms with van der Waals surface area (Å²) in [5, 5.41) is 13.8. The molecule has 3 rings (SSSR count). The molecule has 136 valence electrons. The molecule has 0 radical (unpaired) electrons. The second kappa shape index (κ2) is 7.51. The van der Waals surface area contributed by atoms with E-state index in [2.05, 4.69) is 39.5 Å². The summed E-state index contributed by atoms with van der Waals surface area (Å²) in [6, 6.07) is 7.51. The van der Waals surface area contributed by atoms with E-state index < -0.39 is 6.04 Å². The number of amides is 1. The Morgan fingerprint density at radius 2 is 2.12 bits per heavy atom. The van der Waals surface area contributed by atoms with E-state index in [0.717, 1.165) is 17.5 Å². The fourth-order valence-corrected chi connectivity index (χ4v) is 2.71. The molecular formula is C19H23N5O2. The lowest BCUT2D eigenvalue weighted by molar-refractivity contribution is 0.0933. The molecule has 0 spiro atoms. The van der Waals surface area contributed by atoms with E-state index in [0.29, 0.717) is 28.9 Å². The molecule has 7 nitrogen and oxygen atoms in total. The van der Waals surface area contributed by atoms with Crippen LogP contribution in [0.1, 0.15) is 54.4 Å². The molecule has 0 saturated carbocycles. The number of aryl methyl sites for hydroxylation is 1. The molecule has 0 aliphatic carbocycles. The summed E-state index contributed by atoms with van der Waals surface area (Å²) in [5.41, 5.74) is 3.19. The van der Waals surface area contributed by atoms with Crippen molar-refractivity contribution in [1.29, 1.82) is 0 Å². The Labute approximate surface area is 152 Å². The third-order valence-corrected chi connectivity index (χ3v) is 3.98. The number of carbonyl (C=O) groups is 1. The Bertz CT molecular complexity index is 897. The number of aromatic amines is 1. The average Bonchev–Trinajstić information content (AvgIpc) is 3.23. The Morgan fingerprint density at radius 1 is 1.31 bits per heavy atom. The molecule has 2 heterocycles. The summed E-state index contributed by atoms with van der Waals surface area (Å²) >= 11 is 0. The lowest BCUT2D eigenvalue weighted by Crippen LogP contribution is -2.27. The Kier molecular flexibility index (Phi) is 5.16. The number of hydrogen-bond acceptors (Lipinski definition) is 5. The predicted octanol–water partition coefficient (Wildman–Crippen LogP) is 3.46. The van der Waals surface area contributed by atoms with Crippen LogP contribution in [0.2, 0.25) is 0 Å². The molecule has 0 saturated heterocycles. The molecule has 0 aliphatic rings. The summed E-state index contributed by atoms with van der Waals surface area (Å²) in [6.45, 7) is 8.00. The molecule has 7 heteroatoms. The Morgan fingerprint density at radius 3 is 2.85 bits per heavy atom. The van der Waals surface area contributed by atoms with Crippen LogP contribution < -0.4 is 5.32 Å². The van der Waals surface area contributed by atoms with Gasteiger partial charge in [-0.3, -0.25) is 9.89 Å². The van der Waals surface area contributed by atoms with E-state index in [1.54, 1.807) is 0 Å². The van der Waals surface area contributed by atoms with Gasteiger partial charge in [0.2, 0.25) is 5.89 Å². The minimum absolute atomic E-state index is 0.244. The number of hydrogen-bond donors (Lipinski definition) is 2. The fourth-order valence-electron chi connectivity index (χ4n) is 2.71. The van der Waals surface area contributed by atoms with Crippen molar-refractivity contribution in [1.82, 2.24) is 25.7 Å². The highest BCUT2D eigenvalue weighted by molar-refractivity contribution is 5.99. The lowest BCUT2D eigenvalue weighted by Gasteiger charge is -2.10. The zero-order valence-electron chi connectivity index (χ0n) is 15.4. The zero-order valence-corrected chi connectivity index (χ0v) is 15.4. The van der Waals surface area contributed by atoms with Crippen LogP contribution in [0.15, 0.2) is 35.0 Å². The van der Waals surface area contributed by atoms with Gasteiger partial charge in [0.25, 0.3) is 5.91 Å². The van der Waals surface area contributed by atoms with Crippen LogP contribution in [0.5, 0.6) is 0 Å². The van der Waals surface area contributed by atoms with Crippen molar-refractivity contribution in [3.8, 4) is 11.3 Å². The fraction of sp³-hybridized carbons (Fsp3) is 0.368. The normalized spacial score (nSPS) is 12.3. The molecule has 0 bridgehead atoms. The molecule has 26 heavy (non-hydrogen) atoms. The SMILES string of the molecule is Cc1cccc(-c2[nH]ncc2C(=O)N[C@@H](C)c2nc(CC(C)C)no2)c1. The van der Waals surface area contributed by atoms with Crippen molar-refractivity contribution in [2.75, 3.05) is 0 Å². The first-order valence-electron chi connectivity index (χ1n) is 8.67. The van der Waals surface area contributed by atoms with Crippen LogP contribution in [-0.4, -0.2) is 26.2 Å². The van der Waals surface area contributed by atoms with Crippen LogP contribution >= 0.6 is 0 Å². The second-order valence-corrected chi connectivity index (χ2v) is 6.87. The first kappa shape index (κ1) is 17.8. The lowest BCUT2D eigenvalue weighted by atomic mass is 10.1. The van der Waals surface area contributed by atoms with E-state index >= 15 is 0 Å². The Balaban J connectivity index is 1.74. The minimum Gasteiger partial charge on any atom is -0.340 e. The molecule has 2 aromatic heterocycles. The van der Waals surface area contributed by atoms with Crippen LogP contribution in [0.25, 0.3) is 11.3 Å². The van der Waals surface area contributed by atoms with Crippen LogP contribution in [0, 0.1) is 12.8 Å². The first-order valence-corrected chi connectivity index (χ1v) is 8.67. The smallest absolute Gasteiger partial charge is 0.255 e. The maximum atomic E-state index is 12.7. The highest BCUT2D eigenvalue weighted by Gasteiger charge is 2.21. The molecule has 1 atom stereocenters. The standard InChI is InChI=1S/C19H23N5O2/c1-11(2)8-16-22-19(26-24-16)13(4)21-18(25)15-10-20-23-17(15)14-7-5-6-12(3)9-14/h5-7,9-11,13H,8H2,1-4H3,(H,20,23)(H,21,25)/t13-/m0/s1. The van der Waals surface area contributed by atoms with Gasteiger partial charge in [-0.15, -0.1) is 0 Å². The van der Waals surface area contributed by atoms with Gasteiger partial charge >= 0.3 is 0 Å². The maximum Gasteiger partial charge on any atom is 0.255 e. The number of nitrogens with one attached hydrogen (secondary N) is 2. The third kappa shape index (κ3) is 3.99. The highest BCUT2D eigenvalue weighted by Crippen LogP contribution is 2.23. The van der Waals surface area contributed by atoms with Gasteiger partial charge in [-0.2, -0.15) is 10.1 Å². The van der Waals surface area contributed by atoms with Crippen LogP contribution in [-0.2, 0) is 6.42 Å². The topological polar surface area (TPSA) is 96.7 Å². The van der Waals surface area contributed by atoms with Gasteiger partial charge in [-0.1, -0.05) is 42.8 Å². The van der Waals surface area contributed by atoms with E-state index in [9.17, 15) is 4.79 Å². The van der Waals surface area contributed by atoms with Crippen molar-refractivity contribution >= 4 is 5.91 Å². The van der Waals surface area contributed by atoms with Crippen molar-refractivity contribution in [2.45, 2.75) is 40.2 Å². The summed E-state index contributed by atoms with van der Waals surface area (Å²) in [5.74, 6) is 1.24. The molecule has 0 aliphatic heterocycles. The molecule has 2 N–H and O–H groups in total. The zero-order chi connectivity index (χ0) is 18.7. The molecule has 0 unspecified atom stereocenters. The van der Waals surface area contributed by atoms with Crippen molar-refractivity contribution in [3.05, 3.63) is 53.3 Å². The van der Waals surface area contributed by atoms with Crippen LogP contribution in [0.4, 0.5) is 0 Å². The minimum atomic E-state index is -0.392. The summed E-state index contributed by atoms with van der Waals surface area (Å²) in [6.07, 6.45) is 2.27. The number of H-pyrrole nitrogens is 1. The van der Waals surface area contributed by atoms with E-state index in [-0.39, 0.29) is 5.91 Å². The third-order valence-electron chi connectivity index (χ3n) is 3.98. The largest absolute Gasteiger partial charge is 0.340 e.